The lowest BCUT2D eigenvalue weighted by Crippen LogP contribution is -2.03. The summed E-state index contributed by atoms with van der Waals surface area (Å²) in [4.78, 5) is 23.0. The Hall–Kier alpha value is -4.34. The number of carbonyl (C=O) groups excluding carboxylic acids is 1. The van der Waals surface area contributed by atoms with E-state index < -0.39 is 4.92 Å². The Morgan fingerprint density at radius 1 is 1.03 bits per heavy atom. The van der Waals surface area contributed by atoms with Crippen LogP contribution in [0.4, 0.5) is 11.4 Å². The third kappa shape index (κ3) is 3.54. The number of nitrogens with zero attached hydrogens (tertiary/aromatic N) is 2. The van der Waals surface area contributed by atoms with Crippen LogP contribution in [-0.2, 0) is 4.79 Å². The second-order valence-electron chi connectivity index (χ2n) is 6.62. The first-order chi connectivity index (χ1) is 14.9. The van der Waals surface area contributed by atoms with Crippen LogP contribution in [0.2, 0.25) is 0 Å². The van der Waals surface area contributed by atoms with E-state index in [0.29, 0.717) is 51.0 Å². The van der Waals surface area contributed by atoms with Gasteiger partial charge in [-0.2, -0.15) is 5.10 Å². The van der Waals surface area contributed by atoms with Gasteiger partial charge in [0.05, 0.1) is 43.2 Å². The minimum absolute atomic E-state index is 0.0936. The SMILES string of the molecule is COc1cc(-c2cc(/C=C3\C(=O)Nc4ccc([N+](=O)[O-])cc43)[nH]n2)cc(OC)c1OC. The van der Waals surface area contributed by atoms with Crippen LogP contribution in [0.1, 0.15) is 11.3 Å². The summed E-state index contributed by atoms with van der Waals surface area (Å²) >= 11 is 0. The molecular formula is C21H18N4O6. The zero-order valence-corrected chi connectivity index (χ0v) is 16.9. The van der Waals surface area contributed by atoms with E-state index in [1.165, 1.54) is 39.5 Å². The summed E-state index contributed by atoms with van der Waals surface area (Å²) in [7, 11) is 4.57. The molecule has 2 N–H and O–H groups in total. The highest BCUT2D eigenvalue weighted by Gasteiger charge is 2.26. The highest BCUT2D eigenvalue weighted by molar-refractivity contribution is 6.35. The van der Waals surface area contributed by atoms with Gasteiger partial charge in [0.1, 0.15) is 0 Å². The smallest absolute Gasteiger partial charge is 0.270 e. The van der Waals surface area contributed by atoms with Crippen molar-refractivity contribution >= 4 is 28.9 Å². The number of rotatable bonds is 6. The molecule has 10 heteroatoms. The zero-order chi connectivity index (χ0) is 22.1. The topological polar surface area (TPSA) is 129 Å². The van der Waals surface area contributed by atoms with E-state index in [9.17, 15) is 14.9 Å². The van der Waals surface area contributed by atoms with Crippen molar-refractivity contribution in [3.8, 4) is 28.5 Å². The monoisotopic (exact) mass is 422 g/mol. The van der Waals surface area contributed by atoms with E-state index in [1.807, 2.05) is 0 Å². The lowest BCUT2D eigenvalue weighted by atomic mass is 10.0. The Morgan fingerprint density at radius 3 is 2.35 bits per heavy atom. The van der Waals surface area contributed by atoms with Crippen LogP contribution in [0.5, 0.6) is 17.2 Å². The average Bonchev–Trinajstić information content (AvgIpc) is 3.37. The molecule has 4 rings (SSSR count). The van der Waals surface area contributed by atoms with Crippen LogP contribution in [0.3, 0.4) is 0 Å². The highest BCUT2D eigenvalue weighted by Crippen LogP contribution is 2.41. The van der Waals surface area contributed by atoms with Gasteiger partial charge in [-0.15, -0.1) is 0 Å². The molecule has 1 aliphatic heterocycles. The van der Waals surface area contributed by atoms with Crippen LogP contribution < -0.4 is 19.5 Å². The Bertz CT molecular complexity index is 1210. The number of anilines is 1. The molecule has 1 aliphatic rings. The van der Waals surface area contributed by atoms with Crippen LogP contribution >= 0.6 is 0 Å². The maximum atomic E-state index is 12.4. The summed E-state index contributed by atoms with van der Waals surface area (Å²) in [6, 6.07) is 9.50. The number of aromatic amines is 1. The molecule has 3 aromatic rings. The standard InChI is InChI=1S/C21H18N4O6/c1-29-18-6-11(7-19(30-2)20(18)31-3)17-9-12(23-24-17)8-15-14-10-13(25(27)28)4-5-16(14)22-21(15)26/h4-10H,1-3H3,(H,22,26)(H,23,24)/b15-8-. The fourth-order valence-corrected chi connectivity index (χ4v) is 3.38. The average molecular weight is 422 g/mol. The van der Waals surface area contributed by atoms with Crippen LogP contribution in [-0.4, -0.2) is 42.4 Å². The first-order valence-corrected chi connectivity index (χ1v) is 9.12. The summed E-state index contributed by atoms with van der Waals surface area (Å²) in [5.41, 5.74) is 3.04. The molecule has 0 atom stereocenters. The summed E-state index contributed by atoms with van der Waals surface area (Å²) in [5.74, 6) is 1.08. The van der Waals surface area contributed by atoms with Crippen molar-refractivity contribution in [1.82, 2.24) is 10.2 Å². The number of non-ortho nitro benzene ring substituents is 1. The first-order valence-electron chi connectivity index (χ1n) is 9.12. The van der Waals surface area contributed by atoms with E-state index in [2.05, 4.69) is 15.5 Å². The zero-order valence-electron chi connectivity index (χ0n) is 16.9. The first kappa shape index (κ1) is 20.0. The predicted molar refractivity (Wildman–Crippen MR) is 113 cm³/mol. The number of amides is 1. The van der Waals surface area contributed by atoms with Crippen LogP contribution in [0, 0.1) is 10.1 Å². The van der Waals surface area contributed by atoms with Crippen molar-refractivity contribution < 1.29 is 23.9 Å². The van der Waals surface area contributed by atoms with Crippen molar-refractivity contribution in [2.24, 2.45) is 0 Å². The van der Waals surface area contributed by atoms with Gasteiger partial charge in [0.15, 0.2) is 11.5 Å². The van der Waals surface area contributed by atoms with Crippen molar-refractivity contribution in [2.75, 3.05) is 26.6 Å². The van der Waals surface area contributed by atoms with Gasteiger partial charge in [-0.05, 0) is 30.3 Å². The summed E-state index contributed by atoms with van der Waals surface area (Å²) < 4.78 is 16.1. The molecule has 0 fully saturated rings. The summed E-state index contributed by atoms with van der Waals surface area (Å²) in [5, 5.41) is 21.0. The molecule has 2 heterocycles. The second kappa shape index (κ2) is 7.82. The minimum atomic E-state index is -0.501. The molecule has 1 aromatic heterocycles. The maximum absolute atomic E-state index is 12.4. The molecule has 0 saturated carbocycles. The Labute approximate surface area is 176 Å². The molecular weight excluding hydrogens is 404 g/mol. The number of nitro benzene ring substituents is 1. The molecule has 0 spiro atoms. The number of carbonyl (C=O) groups is 1. The van der Waals surface area contributed by atoms with Gasteiger partial charge in [0.25, 0.3) is 11.6 Å². The number of hydrogen-bond acceptors (Lipinski definition) is 7. The fourth-order valence-electron chi connectivity index (χ4n) is 3.38. The number of fused-ring (bicyclic) bond motifs is 1. The number of methoxy groups -OCH3 is 3. The third-order valence-electron chi connectivity index (χ3n) is 4.85. The summed E-state index contributed by atoms with van der Waals surface area (Å²) in [6.45, 7) is 0. The maximum Gasteiger partial charge on any atom is 0.270 e. The van der Waals surface area contributed by atoms with Gasteiger partial charge in [-0.3, -0.25) is 20.0 Å². The van der Waals surface area contributed by atoms with Crippen molar-refractivity contribution in [3.63, 3.8) is 0 Å². The van der Waals surface area contributed by atoms with E-state index >= 15 is 0 Å². The lowest BCUT2D eigenvalue weighted by molar-refractivity contribution is -0.384. The number of nitrogens with one attached hydrogen (secondary N) is 2. The Morgan fingerprint density at radius 2 is 1.74 bits per heavy atom. The summed E-state index contributed by atoms with van der Waals surface area (Å²) in [6.07, 6.45) is 1.60. The molecule has 10 nitrogen and oxygen atoms in total. The normalized spacial score (nSPS) is 13.6. The van der Waals surface area contributed by atoms with Crippen LogP contribution in [0.15, 0.2) is 36.4 Å². The molecule has 1 amide bonds. The molecule has 0 radical (unpaired) electrons. The van der Waals surface area contributed by atoms with E-state index in [0.717, 1.165) is 0 Å². The van der Waals surface area contributed by atoms with Gasteiger partial charge in [0, 0.05) is 28.9 Å². The Balaban J connectivity index is 1.73. The number of hydrogen-bond donors (Lipinski definition) is 2. The second-order valence-corrected chi connectivity index (χ2v) is 6.62. The van der Waals surface area contributed by atoms with E-state index in [1.54, 1.807) is 24.3 Å². The number of aromatic nitrogens is 2. The fraction of sp³-hybridized carbons (Fsp3) is 0.143. The van der Waals surface area contributed by atoms with Gasteiger partial charge < -0.3 is 19.5 Å². The van der Waals surface area contributed by atoms with Gasteiger partial charge in [-0.25, -0.2) is 0 Å². The number of H-pyrrole nitrogens is 1. The number of nitro groups is 1. The van der Waals surface area contributed by atoms with Crippen LogP contribution in [0.25, 0.3) is 22.9 Å². The predicted octanol–water partition coefficient (Wildman–Crippen LogP) is 3.50. The van der Waals surface area contributed by atoms with E-state index in [-0.39, 0.29) is 11.6 Å². The minimum Gasteiger partial charge on any atom is -0.493 e. The van der Waals surface area contributed by atoms with Gasteiger partial charge in [-0.1, -0.05) is 0 Å². The quantitative estimate of drug-likeness (QED) is 0.353. The molecule has 0 bridgehead atoms. The largest absolute Gasteiger partial charge is 0.493 e. The molecule has 31 heavy (non-hydrogen) atoms. The number of ether oxygens (including phenoxy) is 3. The van der Waals surface area contributed by atoms with Crippen molar-refractivity contribution in [1.29, 1.82) is 0 Å². The van der Waals surface area contributed by atoms with E-state index in [4.69, 9.17) is 14.2 Å². The molecule has 2 aromatic carbocycles. The lowest BCUT2D eigenvalue weighted by Gasteiger charge is -2.13. The third-order valence-corrected chi connectivity index (χ3v) is 4.85. The van der Waals surface area contributed by atoms with Crippen molar-refractivity contribution in [2.45, 2.75) is 0 Å². The number of benzene rings is 2. The molecule has 0 unspecified atom stereocenters. The molecule has 158 valence electrons. The molecule has 0 aliphatic carbocycles. The molecule has 0 saturated heterocycles. The van der Waals surface area contributed by atoms with Gasteiger partial charge in [0.2, 0.25) is 5.75 Å². The van der Waals surface area contributed by atoms with Gasteiger partial charge >= 0.3 is 0 Å². The Kier molecular flexibility index (Phi) is 5.04. The highest BCUT2D eigenvalue weighted by atomic mass is 16.6. The van der Waals surface area contributed by atoms with Crippen molar-refractivity contribution in [3.05, 3.63) is 57.8 Å².